The molecule has 1 aromatic heterocycles. The molecule has 1 fully saturated rings. The molecule has 3 aromatic rings. The number of rotatable bonds is 11. The van der Waals surface area contributed by atoms with E-state index in [4.69, 9.17) is 25.7 Å². The van der Waals surface area contributed by atoms with Crippen LogP contribution in [-0.4, -0.2) is 37.3 Å². The molecule has 1 amide bonds. The number of carbonyl (C=O) groups excluding carboxylic acids is 1. The van der Waals surface area contributed by atoms with Crippen molar-refractivity contribution in [1.29, 1.82) is 0 Å². The minimum Gasteiger partial charge on any atom is -0.481 e. The third kappa shape index (κ3) is 7.67. The first-order valence-electron chi connectivity index (χ1n) is 14.4. The molecule has 0 aliphatic heterocycles. The summed E-state index contributed by atoms with van der Waals surface area (Å²) >= 11 is 6.17. The van der Waals surface area contributed by atoms with Gasteiger partial charge in [0.25, 0.3) is 11.5 Å². The molecule has 2 N–H and O–H groups in total. The number of H-pyrrole nitrogens is 1. The van der Waals surface area contributed by atoms with Crippen LogP contribution in [0.1, 0.15) is 73.9 Å². The van der Waals surface area contributed by atoms with Gasteiger partial charge < -0.3 is 19.5 Å². The predicted molar refractivity (Wildman–Crippen MR) is 166 cm³/mol. The lowest BCUT2D eigenvalue weighted by molar-refractivity contribution is 0.0934. The molecular weight excluding hydrogens is 554 g/mol. The van der Waals surface area contributed by atoms with E-state index in [1.54, 1.807) is 0 Å². The molecule has 2 aromatic carbocycles. The first-order chi connectivity index (χ1) is 19.4. The van der Waals surface area contributed by atoms with E-state index in [1.807, 2.05) is 42.5 Å². The van der Waals surface area contributed by atoms with Crippen molar-refractivity contribution in [3.8, 4) is 5.75 Å². The van der Waals surface area contributed by atoms with Crippen LogP contribution in [0.3, 0.4) is 0 Å². The Morgan fingerprint density at radius 1 is 1.07 bits per heavy atom. The molecule has 220 valence electrons. The molecule has 41 heavy (non-hydrogen) atoms. The first kappa shape index (κ1) is 31.0. The normalized spacial score (nSPS) is 15.1. The summed E-state index contributed by atoms with van der Waals surface area (Å²) in [5.74, 6) is -0.0554. The van der Waals surface area contributed by atoms with Crippen molar-refractivity contribution in [2.45, 2.75) is 83.0 Å². The van der Waals surface area contributed by atoms with Gasteiger partial charge in [-0.3, -0.25) is 9.59 Å². The van der Waals surface area contributed by atoms with Gasteiger partial charge in [-0.25, -0.2) is 4.98 Å². The number of aromatic nitrogens is 2. The van der Waals surface area contributed by atoms with Crippen LogP contribution in [0, 0.1) is 0 Å². The topological polar surface area (TPSA) is 93.3 Å². The van der Waals surface area contributed by atoms with Gasteiger partial charge in [-0.1, -0.05) is 87.7 Å². The lowest BCUT2D eigenvalue weighted by Crippen LogP contribution is -2.43. The van der Waals surface area contributed by atoms with Crippen molar-refractivity contribution >= 4 is 25.8 Å². The van der Waals surface area contributed by atoms with Gasteiger partial charge in [0.15, 0.2) is 14.0 Å². The number of hydrogen-bond donors (Lipinski definition) is 2. The molecule has 0 radical (unpaired) electrons. The zero-order valence-corrected chi connectivity index (χ0v) is 26.6. The van der Waals surface area contributed by atoms with Gasteiger partial charge in [-0.2, -0.15) is 0 Å². The van der Waals surface area contributed by atoms with Gasteiger partial charge in [-0.05, 0) is 54.2 Å². The zero-order valence-electron chi connectivity index (χ0n) is 24.8. The number of halogens is 1. The van der Waals surface area contributed by atoms with E-state index in [9.17, 15) is 9.59 Å². The van der Waals surface area contributed by atoms with E-state index in [1.165, 1.54) is 5.56 Å². The summed E-state index contributed by atoms with van der Waals surface area (Å²) in [6.07, 6.45) is 4.63. The maximum Gasteiger partial charge on any atom is 0.294 e. The fourth-order valence-corrected chi connectivity index (χ4v) is 6.30. The Morgan fingerprint density at radius 2 is 1.73 bits per heavy atom. The Bertz CT molecular complexity index is 1380. The van der Waals surface area contributed by atoms with Gasteiger partial charge in [0, 0.05) is 23.4 Å². The largest absolute Gasteiger partial charge is 0.481 e. The molecule has 0 unspecified atom stereocenters. The van der Waals surface area contributed by atoms with Crippen molar-refractivity contribution in [3.05, 3.63) is 92.6 Å². The van der Waals surface area contributed by atoms with Crippen molar-refractivity contribution in [2.24, 2.45) is 0 Å². The van der Waals surface area contributed by atoms with Gasteiger partial charge in [0.05, 0.1) is 6.61 Å². The van der Waals surface area contributed by atoms with E-state index in [-0.39, 0.29) is 28.5 Å². The highest BCUT2D eigenvalue weighted by Gasteiger charge is 2.38. The molecular formula is C32H42ClN3O4Si. The number of amides is 1. The highest BCUT2D eigenvalue weighted by atomic mass is 35.5. The molecule has 0 spiro atoms. The van der Waals surface area contributed by atoms with E-state index >= 15 is 0 Å². The predicted octanol–water partition coefficient (Wildman–Crippen LogP) is 6.81. The van der Waals surface area contributed by atoms with Crippen molar-refractivity contribution in [1.82, 2.24) is 15.3 Å². The summed E-state index contributed by atoms with van der Waals surface area (Å²) < 4.78 is 12.1. The van der Waals surface area contributed by atoms with Crippen molar-refractivity contribution in [2.75, 3.05) is 13.2 Å². The molecule has 0 bridgehead atoms. The third-order valence-corrected chi connectivity index (χ3v) is 13.3. The summed E-state index contributed by atoms with van der Waals surface area (Å²) in [5.41, 5.74) is 1.41. The first-order valence-corrected chi connectivity index (χ1v) is 17.7. The van der Waals surface area contributed by atoms with Crippen LogP contribution in [0.25, 0.3) is 0 Å². The van der Waals surface area contributed by atoms with E-state index in [2.05, 4.69) is 56.3 Å². The van der Waals surface area contributed by atoms with Crippen LogP contribution in [0.2, 0.25) is 23.2 Å². The number of ether oxygens (including phenoxy) is 1. The summed E-state index contributed by atoms with van der Waals surface area (Å²) in [7, 11) is -1.96. The van der Waals surface area contributed by atoms with Crippen LogP contribution >= 0.6 is 11.6 Å². The Hall–Kier alpha value is -2.94. The smallest absolute Gasteiger partial charge is 0.294 e. The standard InChI is InChI=1S/C32H42ClN3O4Si/c1-31(2,3)41(4,5)40-20-19-34-29(37)27-28(39-22-23-11-7-6-8-12-23)30(38)36-26(35-27)21-32(17-9-10-18-32)24-13-15-25(33)16-14-24/h6-8,11-16H,9-10,17-22H2,1-5H3,(H,34,37)(H,35,36,38). The number of aromatic amines is 1. The fourth-order valence-electron chi connectivity index (χ4n) is 5.12. The molecule has 4 rings (SSSR count). The quantitative estimate of drug-likeness (QED) is 0.188. The third-order valence-electron chi connectivity index (χ3n) is 8.55. The van der Waals surface area contributed by atoms with Crippen LogP contribution in [-0.2, 0) is 22.9 Å². The minimum absolute atomic E-state index is 0.00346. The summed E-state index contributed by atoms with van der Waals surface area (Å²) in [6, 6.07) is 17.4. The average Bonchev–Trinajstić information content (AvgIpc) is 3.40. The van der Waals surface area contributed by atoms with Crippen LogP contribution in [0.5, 0.6) is 5.75 Å². The van der Waals surface area contributed by atoms with E-state index < -0.39 is 19.8 Å². The second-order valence-electron chi connectivity index (χ2n) is 12.5. The molecule has 1 saturated carbocycles. The second-order valence-corrected chi connectivity index (χ2v) is 17.7. The monoisotopic (exact) mass is 595 g/mol. The maximum atomic E-state index is 13.5. The molecule has 0 atom stereocenters. The molecule has 9 heteroatoms. The van der Waals surface area contributed by atoms with E-state index in [0.717, 1.165) is 31.2 Å². The maximum absolute atomic E-state index is 13.5. The van der Waals surface area contributed by atoms with Gasteiger partial charge >= 0.3 is 0 Å². The van der Waals surface area contributed by atoms with Gasteiger partial charge in [0.2, 0.25) is 5.75 Å². The fraction of sp³-hybridized carbons (Fsp3) is 0.469. The number of nitrogens with zero attached hydrogens (tertiary/aromatic N) is 1. The van der Waals surface area contributed by atoms with E-state index in [0.29, 0.717) is 30.4 Å². The van der Waals surface area contributed by atoms with Crippen LogP contribution < -0.4 is 15.6 Å². The zero-order chi connectivity index (χ0) is 29.7. The molecule has 0 saturated heterocycles. The average molecular weight is 596 g/mol. The summed E-state index contributed by atoms with van der Waals surface area (Å²) in [4.78, 5) is 34.5. The van der Waals surface area contributed by atoms with Crippen molar-refractivity contribution < 1.29 is 14.0 Å². The lowest BCUT2D eigenvalue weighted by Gasteiger charge is -2.36. The van der Waals surface area contributed by atoms with Crippen LogP contribution in [0.15, 0.2) is 59.4 Å². The highest BCUT2D eigenvalue weighted by molar-refractivity contribution is 6.74. The van der Waals surface area contributed by atoms with Gasteiger partial charge in [-0.15, -0.1) is 0 Å². The Morgan fingerprint density at radius 3 is 2.37 bits per heavy atom. The lowest BCUT2D eigenvalue weighted by atomic mass is 9.76. The number of benzene rings is 2. The molecule has 7 nitrogen and oxygen atoms in total. The van der Waals surface area contributed by atoms with Crippen molar-refractivity contribution in [3.63, 3.8) is 0 Å². The Labute approximate surface area is 249 Å². The SMILES string of the molecule is CC(C)(C)[Si](C)(C)OCCNC(=O)c1nc(CC2(c3ccc(Cl)cc3)CCCC2)[nH]c(=O)c1OCc1ccccc1. The summed E-state index contributed by atoms with van der Waals surface area (Å²) in [6.45, 7) is 11.7. The molecule has 1 heterocycles. The second kappa shape index (κ2) is 12.9. The number of carbonyl (C=O) groups is 1. The Balaban J connectivity index is 1.59. The molecule has 1 aliphatic carbocycles. The van der Waals surface area contributed by atoms with Crippen LogP contribution in [0.4, 0.5) is 0 Å². The highest BCUT2D eigenvalue weighted by Crippen LogP contribution is 2.43. The Kier molecular flexibility index (Phi) is 9.77. The summed E-state index contributed by atoms with van der Waals surface area (Å²) in [5, 5.41) is 3.66. The number of nitrogens with one attached hydrogen (secondary N) is 2. The number of hydrogen-bond acceptors (Lipinski definition) is 5. The molecule has 1 aliphatic rings. The minimum atomic E-state index is -1.96. The van der Waals surface area contributed by atoms with Gasteiger partial charge in [0.1, 0.15) is 12.4 Å².